The molecule has 0 spiro atoms. The van der Waals surface area contributed by atoms with E-state index >= 15 is 0 Å². The average molecular weight is 336 g/mol. The Morgan fingerprint density at radius 1 is 1.53 bits per heavy atom. The van der Waals surface area contributed by atoms with Crippen molar-refractivity contribution in [2.45, 2.75) is 6.92 Å². The standard InChI is InChI=1S/C11H12BrClN2OS/c1-2-15(6-10(14)17)11(16)7-3-8(12)5-9(13)4-7/h3-5H,2,6H2,1H3,(H2,14,17). The number of carbonyl (C=O) groups excluding carboxylic acids is 1. The number of nitrogens with two attached hydrogens (primary N) is 1. The molecule has 17 heavy (non-hydrogen) atoms. The zero-order chi connectivity index (χ0) is 13.0. The van der Waals surface area contributed by atoms with E-state index in [1.807, 2.05) is 6.92 Å². The molecule has 0 saturated heterocycles. The Kier molecular flexibility index (Phi) is 5.36. The summed E-state index contributed by atoms with van der Waals surface area (Å²) >= 11 is 14.0. The molecule has 0 heterocycles. The summed E-state index contributed by atoms with van der Waals surface area (Å²) in [6, 6.07) is 5.06. The fourth-order valence-electron chi connectivity index (χ4n) is 1.38. The molecule has 6 heteroatoms. The lowest BCUT2D eigenvalue weighted by atomic mass is 10.2. The lowest BCUT2D eigenvalue weighted by molar-refractivity contribution is 0.0788. The molecule has 0 saturated carbocycles. The quantitative estimate of drug-likeness (QED) is 0.861. The SMILES string of the molecule is CCN(CC(N)=S)C(=O)c1cc(Cl)cc(Br)c1. The molecule has 0 aliphatic heterocycles. The maximum Gasteiger partial charge on any atom is 0.254 e. The highest BCUT2D eigenvalue weighted by molar-refractivity contribution is 9.10. The van der Waals surface area contributed by atoms with Gasteiger partial charge < -0.3 is 10.6 Å². The first kappa shape index (κ1) is 14.4. The number of benzene rings is 1. The van der Waals surface area contributed by atoms with Crippen LogP contribution in [0.5, 0.6) is 0 Å². The number of hydrogen-bond donors (Lipinski definition) is 1. The van der Waals surface area contributed by atoms with Crippen molar-refractivity contribution in [1.82, 2.24) is 4.90 Å². The summed E-state index contributed by atoms with van der Waals surface area (Å²) < 4.78 is 0.764. The highest BCUT2D eigenvalue weighted by Gasteiger charge is 2.15. The number of rotatable bonds is 4. The predicted molar refractivity (Wildman–Crippen MR) is 77.5 cm³/mol. The van der Waals surface area contributed by atoms with Gasteiger partial charge in [0.05, 0.1) is 11.5 Å². The molecule has 0 radical (unpaired) electrons. The minimum atomic E-state index is -0.136. The molecule has 0 unspecified atom stereocenters. The zero-order valence-corrected chi connectivity index (χ0v) is 12.4. The molecule has 2 N–H and O–H groups in total. The van der Waals surface area contributed by atoms with Crippen molar-refractivity contribution in [3.63, 3.8) is 0 Å². The average Bonchev–Trinajstić information content (AvgIpc) is 2.23. The normalized spacial score (nSPS) is 10.1. The van der Waals surface area contributed by atoms with Crippen LogP contribution in [-0.2, 0) is 0 Å². The molecule has 0 bridgehead atoms. The Labute approximate surface area is 119 Å². The highest BCUT2D eigenvalue weighted by atomic mass is 79.9. The van der Waals surface area contributed by atoms with Crippen LogP contribution in [-0.4, -0.2) is 28.9 Å². The number of likely N-dealkylation sites (N-methyl/N-ethyl adjacent to an activating group) is 1. The summed E-state index contributed by atoms with van der Waals surface area (Å²) in [5.41, 5.74) is 5.96. The third kappa shape index (κ3) is 4.26. The van der Waals surface area contributed by atoms with Gasteiger partial charge in [0.2, 0.25) is 0 Å². The molecule has 0 aliphatic rings. The van der Waals surface area contributed by atoms with Crippen LogP contribution in [0.3, 0.4) is 0 Å². The van der Waals surface area contributed by atoms with Crippen LogP contribution in [0, 0.1) is 0 Å². The van der Waals surface area contributed by atoms with Gasteiger partial charge in [-0.1, -0.05) is 39.7 Å². The molecule has 0 aromatic heterocycles. The predicted octanol–water partition coefficient (Wildman–Crippen LogP) is 2.85. The van der Waals surface area contributed by atoms with Gasteiger partial charge in [-0.3, -0.25) is 4.79 Å². The Morgan fingerprint density at radius 3 is 2.65 bits per heavy atom. The second-order valence-electron chi connectivity index (χ2n) is 3.44. The number of carbonyl (C=O) groups is 1. The largest absolute Gasteiger partial charge is 0.392 e. The van der Waals surface area contributed by atoms with E-state index in [9.17, 15) is 4.79 Å². The minimum absolute atomic E-state index is 0.136. The minimum Gasteiger partial charge on any atom is -0.392 e. The molecule has 0 atom stereocenters. The third-order valence-electron chi connectivity index (χ3n) is 2.13. The van der Waals surface area contributed by atoms with E-state index in [-0.39, 0.29) is 12.5 Å². The summed E-state index contributed by atoms with van der Waals surface area (Å²) in [5, 5.41) is 0.508. The van der Waals surface area contributed by atoms with Crippen LogP contribution in [0.25, 0.3) is 0 Å². The Balaban J connectivity index is 2.97. The van der Waals surface area contributed by atoms with Gasteiger partial charge in [-0.05, 0) is 25.1 Å². The van der Waals surface area contributed by atoms with Crippen LogP contribution >= 0.6 is 39.7 Å². The van der Waals surface area contributed by atoms with Crippen LogP contribution in [0.15, 0.2) is 22.7 Å². The van der Waals surface area contributed by atoms with Crippen molar-refractivity contribution in [2.24, 2.45) is 5.73 Å². The second-order valence-corrected chi connectivity index (χ2v) is 5.32. The third-order valence-corrected chi connectivity index (χ3v) is 2.93. The van der Waals surface area contributed by atoms with Crippen LogP contribution in [0.1, 0.15) is 17.3 Å². The van der Waals surface area contributed by atoms with Crippen molar-refractivity contribution < 1.29 is 4.79 Å². The molecule has 3 nitrogen and oxygen atoms in total. The van der Waals surface area contributed by atoms with E-state index < -0.39 is 0 Å². The topological polar surface area (TPSA) is 46.3 Å². The zero-order valence-electron chi connectivity index (χ0n) is 9.24. The van der Waals surface area contributed by atoms with E-state index in [2.05, 4.69) is 15.9 Å². The van der Waals surface area contributed by atoms with E-state index in [1.54, 1.807) is 23.1 Å². The number of nitrogens with zero attached hydrogens (tertiary/aromatic N) is 1. The molecular weight excluding hydrogens is 324 g/mol. The summed E-state index contributed by atoms with van der Waals surface area (Å²) in [4.78, 5) is 14.0. The Morgan fingerprint density at radius 2 is 2.18 bits per heavy atom. The molecule has 1 aromatic carbocycles. The van der Waals surface area contributed by atoms with Crippen molar-refractivity contribution in [1.29, 1.82) is 0 Å². The first-order valence-electron chi connectivity index (χ1n) is 4.97. The lowest BCUT2D eigenvalue weighted by Crippen LogP contribution is -2.37. The van der Waals surface area contributed by atoms with E-state index in [4.69, 9.17) is 29.6 Å². The van der Waals surface area contributed by atoms with Gasteiger partial charge in [0.25, 0.3) is 5.91 Å². The van der Waals surface area contributed by atoms with Gasteiger partial charge in [0.15, 0.2) is 0 Å². The molecule has 92 valence electrons. The van der Waals surface area contributed by atoms with Crippen molar-refractivity contribution in [3.8, 4) is 0 Å². The van der Waals surface area contributed by atoms with E-state index in [0.29, 0.717) is 22.1 Å². The number of thiocarbonyl (C=S) groups is 1. The highest BCUT2D eigenvalue weighted by Crippen LogP contribution is 2.20. The van der Waals surface area contributed by atoms with E-state index in [1.165, 1.54) is 0 Å². The van der Waals surface area contributed by atoms with Gasteiger partial charge >= 0.3 is 0 Å². The molecule has 1 amide bonds. The van der Waals surface area contributed by atoms with Crippen molar-refractivity contribution in [3.05, 3.63) is 33.3 Å². The van der Waals surface area contributed by atoms with Gasteiger partial charge in [0.1, 0.15) is 0 Å². The van der Waals surface area contributed by atoms with Crippen LogP contribution in [0.2, 0.25) is 5.02 Å². The fourth-order valence-corrected chi connectivity index (χ4v) is 2.39. The van der Waals surface area contributed by atoms with Gasteiger partial charge in [-0.25, -0.2) is 0 Å². The fraction of sp³-hybridized carbons (Fsp3) is 0.273. The number of halogens is 2. The molecule has 0 aliphatic carbocycles. The van der Waals surface area contributed by atoms with Crippen LogP contribution in [0.4, 0.5) is 0 Å². The summed E-state index contributed by atoms with van der Waals surface area (Å²) in [6.45, 7) is 2.69. The van der Waals surface area contributed by atoms with Gasteiger partial charge in [-0.15, -0.1) is 0 Å². The Hall–Kier alpha value is -0.650. The summed E-state index contributed by atoms with van der Waals surface area (Å²) in [5.74, 6) is -0.136. The maximum atomic E-state index is 12.1. The Bertz CT molecular complexity index is 433. The molecule has 1 rings (SSSR count). The summed E-state index contributed by atoms with van der Waals surface area (Å²) in [7, 11) is 0. The second kappa shape index (κ2) is 6.33. The number of amides is 1. The van der Waals surface area contributed by atoms with Crippen molar-refractivity contribution >= 4 is 50.6 Å². The van der Waals surface area contributed by atoms with Gasteiger partial charge in [0, 0.05) is 21.6 Å². The van der Waals surface area contributed by atoms with E-state index in [0.717, 1.165) is 4.47 Å². The summed E-state index contributed by atoms with van der Waals surface area (Å²) in [6.07, 6.45) is 0. The first-order chi connectivity index (χ1) is 7.93. The monoisotopic (exact) mass is 334 g/mol. The maximum absolute atomic E-state index is 12.1. The lowest BCUT2D eigenvalue weighted by Gasteiger charge is -2.20. The molecular formula is C11H12BrClN2OS. The number of hydrogen-bond acceptors (Lipinski definition) is 2. The molecule has 0 fully saturated rings. The molecule has 1 aromatic rings. The van der Waals surface area contributed by atoms with Crippen molar-refractivity contribution in [2.75, 3.05) is 13.1 Å². The smallest absolute Gasteiger partial charge is 0.254 e. The van der Waals surface area contributed by atoms with Gasteiger partial charge in [-0.2, -0.15) is 0 Å². The first-order valence-corrected chi connectivity index (χ1v) is 6.55. The van der Waals surface area contributed by atoms with Crippen LogP contribution < -0.4 is 5.73 Å².